The Kier molecular flexibility index (Phi) is 5.55. The third-order valence-corrected chi connectivity index (χ3v) is 5.49. The largest absolute Gasteiger partial charge is 0.477 e. The average Bonchev–Trinajstić information content (AvgIpc) is 2.54. The molecule has 1 aliphatic rings. The lowest BCUT2D eigenvalue weighted by Gasteiger charge is -2.36. The van der Waals surface area contributed by atoms with Crippen LogP contribution in [0.3, 0.4) is 0 Å². The molecule has 1 N–H and O–H groups in total. The number of carbonyl (C=O) groups is 2. The maximum Gasteiger partial charge on any atom is 0.354 e. The number of rotatable bonds is 5. The molecule has 1 amide bonds. The van der Waals surface area contributed by atoms with E-state index in [0.717, 1.165) is 0 Å². The van der Waals surface area contributed by atoms with Crippen molar-refractivity contribution in [2.45, 2.75) is 25.8 Å². The third kappa shape index (κ3) is 4.09. The molecule has 1 fully saturated rings. The third-order valence-electron chi connectivity index (χ3n) is 4.08. The quantitative estimate of drug-likeness (QED) is 0.831. The summed E-state index contributed by atoms with van der Waals surface area (Å²) < 4.78 is 25.0. The van der Waals surface area contributed by atoms with Gasteiger partial charge >= 0.3 is 5.97 Å². The Morgan fingerprint density at radius 3 is 2.38 bits per heavy atom. The molecule has 0 unspecified atom stereocenters. The van der Waals surface area contributed by atoms with Crippen LogP contribution in [-0.4, -0.2) is 71.5 Å². The van der Waals surface area contributed by atoms with E-state index < -0.39 is 16.0 Å². The highest BCUT2D eigenvalue weighted by molar-refractivity contribution is 7.88. The number of sulfonamides is 1. The van der Waals surface area contributed by atoms with Gasteiger partial charge in [0.2, 0.25) is 10.0 Å². The van der Waals surface area contributed by atoms with Gasteiger partial charge < -0.3 is 10.0 Å². The number of piperidine rings is 1. The molecule has 0 bridgehead atoms. The van der Waals surface area contributed by atoms with Gasteiger partial charge in [0.25, 0.3) is 5.91 Å². The molecule has 0 atom stereocenters. The molecular weight excluding hydrogens is 334 g/mol. The summed E-state index contributed by atoms with van der Waals surface area (Å²) in [7, 11) is -3.27. The minimum atomic E-state index is -3.27. The van der Waals surface area contributed by atoms with Crippen molar-refractivity contribution >= 4 is 21.9 Å². The number of carboxylic acids is 1. The number of hydrogen-bond acceptors (Lipinski definition) is 5. The number of pyridine rings is 1. The highest BCUT2D eigenvalue weighted by atomic mass is 32.2. The van der Waals surface area contributed by atoms with Gasteiger partial charge in [-0.25, -0.2) is 18.2 Å². The van der Waals surface area contributed by atoms with Crippen molar-refractivity contribution in [3.05, 3.63) is 29.6 Å². The van der Waals surface area contributed by atoms with Gasteiger partial charge in [-0.3, -0.25) is 4.79 Å². The van der Waals surface area contributed by atoms with Crippen molar-refractivity contribution in [2.24, 2.45) is 0 Å². The Hall–Kier alpha value is -2.00. The first-order valence-corrected chi connectivity index (χ1v) is 9.55. The first-order valence-electron chi connectivity index (χ1n) is 7.70. The summed E-state index contributed by atoms with van der Waals surface area (Å²) in [6.45, 7) is 3.02. The zero-order chi connectivity index (χ0) is 17.9. The van der Waals surface area contributed by atoms with E-state index in [2.05, 4.69) is 4.98 Å². The first-order chi connectivity index (χ1) is 11.2. The highest BCUT2D eigenvalue weighted by Crippen LogP contribution is 2.20. The minimum absolute atomic E-state index is 0.0869. The van der Waals surface area contributed by atoms with Gasteiger partial charge in [0.1, 0.15) is 11.4 Å². The van der Waals surface area contributed by atoms with Crippen LogP contribution < -0.4 is 0 Å². The van der Waals surface area contributed by atoms with Gasteiger partial charge in [0.15, 0.2) is 0 Å². The van der Waals surface area contributed by atoms with Crippen molar-refractivity contribution in [1.29, 1.82) is 0 Å². The second-order valence-corrected chi connectivity index (χ2v) is 7.64. The molecule has 1 aromatic heterocycles. The summed E-state index contributed by atoms with van der Waals surface area (Å²) in [4.78, 5) is 28.8. The zero-order valence-corrected chi connectivity index (χ0v) is 14.5. The van der Waals surface area contributed by atoms with Crippen LogP contribution in [0.25, 0.3) is 0 Å². The first kappa shape index (κ1) is 18.3. The summed E-state index contributed by atoms with van der Waals surface area (Å²) in [5, 5.41) is 8.95. The lowest BCUT2D eigenvalue weighted by molar-refractivity contribution is 0.0672. The average molecular weight is 355 g/mol. The lowest BCUT2D eigenvalue weighted by atomic mass is 10.0. The van der Waals surface area contributed by atoms with E-state index in [1.807, 2.05) is 0 Å². The Bertz CT molecular complexity index is 726. The molecule has 8 nitrogen and oxygen atoms in total. The summed E-state index contributed by atoms with van der Waals surface area (Å²) in [5.41, 5.74) is -0.0891. The van der Waals surface area contributed by atoms with E-state index in [1.54, 1.807) is 11.8 Å². The van der Waals surface area contributed by atoms with Gasteiger partial charge in [-0.05, 0) is 25.0 Å². The number of carbonyl (C=O) groups excluding carboxylic acids is 1. The maximum atomic E-state index is 12.5. The molecule has 132 valence electrons. The number of hydrogen-bond donors (Lipinski definition) is 1. The van der Waals surface area contributed by atoms with Crippen molar-refractivity contribution in [1.82, 2.24) is 14.2 Å². The van der Waals surface area contributed by atoms with Gasteiger partial charge in [-0.15, -0.1) is 0 Å². The summed E-state index contributed by atoms with van der Waals surface area (Å²) in [5.74, 6) is -1.52. The molecule has 2 rings (SSSR count). The van der Waals surface area contributed by atoms with Gasteiger partial charge in [-0.1, -0.05) is 13.0 Å². The summed E-state index contributed by atoms with van der Waals surface area (Å²) in [6, 6.07) is 4.18. The number of amides is 1. The van der Waals surface area contributed by atoms with E-state index in [9.17, 15) is 18.0 Å². The Morgan fingerprint density at radius 2 is 1.88 bits per heavy atom. The minimum Gasteiger partial charge on any atom is -0.477 e. The Morgan fingerprint density at radius 1 is 1.29 bits per heavy atom. The van der Waals surface area contributed by atoms with Crippen LogP contribution in [0.2, 0.25) is 0 Å². The summed E-state index contributed by atoms with van der Waals surface area (Å²) >= 11 is 0. The van der Waals surface area contributed by atoms with E-state index >= 15 is 0 Å². The van der Waals surface area contributed by atoms with Crippen LogP contribution in [0.1, 0.15) is 40.7 Å². The van der Waals surface area contributed by atoms with Crippen molar-refractivity contribution in [3.8, 4) is 0 Å². The van der Waals surface area contributed by atoms with Crippen LogP contribution in [0, 0.1) is 0 Å². The molecule has 1 aliphatic heterocycles. The standard InChI is InChI=1S/C15H21N3O5S/c1-3-18(24(2,22)23)11-7-9-17(10-8-11)14(19)12-5-4-6-13(16-12)15(20)21/h4-6,11H,3,7-10H2,1-2H3,(H,20,21). The molecule has 0 saturated carbocycles. The van der Waals surface area contributed by atoms with Gasteiger partial charge in [-0.2, -0.15) is 4.31 Å². The molecule has 0 radical (unpaired) electrons. The highest BCUT2D eigenvalue weighted by Gasteiger charge is 2.31. The van der Waals surface area contributed by atoms with Gasteiger partial charge in [0, 0.05) is 25.7 Å². The number of aromatic carboxylic acids is 1. The normalized spacial score (nSPS) is 16.4. The molecule has 2 heterocycles. The number of likely N-dealkylation sites (tertiary alicyclic amines) is 1. The molecular formula is C15H21N3O5S. The Labute approximate surface area is 141 Å². The fraction of sp³-hybridized carbons (Fsp3) is 0.533. The predicted molar refractivity (Wildman–Crippen MR) is 87.3 cm³/mol. The Balaban J connectivity index is 2.05. The van der Waals surface area contributed by atoms with E-state index in [0.29, 0.717) is 32.5 Å². The molecule has 0 aliphatic carbocycles. The smallest absolute Gasteiger partial charge is 0.354 e. The monoisotopic (exact) mass is 355 g/mol. The van der Waals surface area contributed by atoms with E-state index in [-0.39, 0.29) is 23.3 Å². The second-order valence-electron chi connectivity index (χ2n) is 5.70. The van der Waals surface area contributed by atoms with E-state index in [1.165, 1.54) is 28.8 Å². The fourth-order valence-corrected chi connectivity index (χ4v) is 4.18. The van der Waals surface area contributed by atoms with Crippen LogP contribution in [-0.2, 0) is 10.0 Å². The molecule has 1 saturated heterocycles. The van der Waals surface area contributed by atoms with Crippen molar-refractivity contribution in [2.75, 3.05) is 25.9 Å². The van der Waals surface area contributed by atoms with Crippen LogP contribution in [0.5, 0.6) is 0 Å². The summed E-state index contributed by atoms with van der Waals surface area (Å²) in [6.07, 6.45) is 2.28. The van der Waals surface area contributed by atoms with Crippen molar-refractivity contribution < 1.29 is 23.1 Å². The van der Waals surface area contributed by atoms with Crippen LogP contribution in [0.15, 0.2) is 18.2 Å². The molecule has 0 spiro atoms. The second kappa shape index (κ2) is 7.27. The van der Waals surface area contributed by atoms with Gasteiger partial charge in [0.05, 0.1) is 6.26 Å². The molecule has 24 heavy (non-hydrogen) atoms. The topological polar surface area (TPSA) is 108 Å². The molecule has 0 aromatic carbocycles. The molecule has 1 aromatic rings. The zero-order valence-electron chi connectivity index (χ0n) is 13.7. The van der Waals surface area contributed by atoms with Crippen LogP contribution in [0.4, 0.5) is 0 Å². The SMILES string of the molecule is CCN(C1CCN(C(=O)c2cccc(C(=O)O)n2)CC1)S(C)(=O)=O. The number of carboxylic acid groups (broad SMARTS) is 1. The fourth-order valence-electron chi connectivity index (χ4n) is 2.96. The lowest BCUT2D eigenvalue weighted by Crippen LogP contribution is -2.48. The number of aromatic nitrogens is 1. The predicted octanol–water partition coefficient (Wildman–Crippen LogP) is 0.666. The van der Waals surface area contributed by atoms with Crippen LogP contribution >= 0.6 is 0 Å². The number of nitrogens with zero attached hydrogens (tertiary/aromatic N) is 3. The van der Waals surface area contributed by atoms with Crippen molar-refractivity contribution in [3.63, 3.8) is 0 Å². The molecule has 9 heteroatoms. The van der Waals surface area contributed by atoms with E-state index in [4.69, 9.17) is 5.11 Å². The maximum absolute atomic E-state index is 12.5.